The van der Waals surface area contributed by atoms with Gasteiger partial charge in [0.1, 0.15) is 5.01 Å². The van der Waals surface area contributed by atoms with E-state index in [0.29, 0.717) is 0 Å². The van der Waals surface area contributed by atoms with Gasteiger partial charge >= 0.3 is 0 Å². The van der Waals surface area contributed by atoms with Crippen LogP contribution >= 0.6 is 11.3 Å². The van der Waals surface area contributed by atoms with Crippen molar-refractivity contribution in [3.05, 3.63) is 64.5 Å². The number of thiazole rings is 1. The number of aryl methyl sites for hydroxylation is 3. The molecule has 0 unspecified atom stereocenters. The summed E-state index contributed by atoms with van der Waals surface area (Å²) >= 11 is 1.71. The van der Waals surface area contributed by atoms with E-state index in [0.717, 1.165) is 10.7 Å². The number of benzene rings is 2. The number of aromatic nitrogens is 1. The predicted molar refractivity (Wildman–Crippen MR) is 87.2 cm³/mol. The molecule has 1 heterocycles. The third-order valence-corrected chi connectivity index (χ3v) is 4.36. The van der Waals surface area contributed by atoms with Crippen LogP contribution in [0, 0.1) is 20.8 Å². The topological polar surface area (TPSA) is 12.9 Å². The van der Waals surface area contributed by atoms with Crippen molar-refractivity contribution >= 4 is 11.3 Å². The van der Waals surface area contributed by atoms with Gasteiger partial charge in [0, 0.05) is 16.5 Å². The molecule has 0 spiro atoms. The Morgan fingerprint density at radius 2 is 1.55 bits per heavy atom. The van der Waals surface area contributed by atoms with E-state index in [-0.39, 0.29) is 0 Å². The molecule has 0 aliphatic rings. The number of hydrogen-bond donors (Lipinski definition) is 0. The van der Waals surface area contributed by atoms with E-state index in [2.05, 4.69) is 68.6 Å². The molecule has 1 aromatic heterocycles. The van der Waals surface area contributed by atoms with Gasteiger partial charge in [-0.25, -0.2) is 4.98 Å². The zero-order valence-electron chi connectivity index (χ0n) is 12.0. The van der Waals surface area contributed by atoms with Gasteiger partial charge in [-0.15, -0.1) is 11.3 Å². The zero-order valence-corrected chi connectivity index (χ0v) is 12.8. The molecule has 3 rings (SSSR count). The maximum atomic E-state index is 4.80. The third-order valence-electron chi connectivity index (χ3n) is 3.47. The van der Waals surface area contributed by atoms with Gasteiger partial charge in [0.2, 0.25) is 0 Å². The average Bonchev–Trinajstić information content (AvgIpc) is 2.92. The van der Waals surface area contributed by atoms with Crippen LogP contribution in [0.2, 0.25) is 0 Å². The van der Waals surface area contributed by atoms with Crippen molar-refractivity contribution in [3.8, 4) is 21.8 Å². The minimum Gasteiger partial charge on any atom is -0.236 e. The molecule has 0 N–H and O–H groups in total. The van der Waals surface area contributed by atoms with Crippen molar-refractivity contribution < 1.29 is 0 Å². The van der Waals surface area contributed by atoms with E-state index >= 15 is 0 Å². The molecule has 3 aromatic rings. The summed E-state index contributed by atoms with van der Waals surface area (Å²) in [6.07, 6.45) is 0. The number of nitrogens with zero attached hydrogens (tertiary/aromatic N) is 1. The first kappa shape index (κ1) is 13.1. The molecule has 1 nitrogen and oxygen atoms in total. The highest BCUT2D eigenvalue weighted by molar-refractivity contribution is 7.13. The summed E-state index contributed by atoms with van der Waals surface area (Å²) in [7, 11) is 0. The van der Waals surface area contributed by atoms with Crippen molar-refractivity contribution in [2.45, 2.75) is 20.8 Å². The largest absolute Gasteiger partial charge is 0.236 e. The van der Waals surface area contributed by atoms with E-state index in [9.17, 15) is 0 Å². The van der Waals surface area contributed by atoms with E-state index in [4.69, 9.17) is 4.98 Å². The molecule has 0 amide bonds. The van der Waals surface area contributed by atoms with Crippen molar-refractivity contribution in [3.63, 3.8) is 0 Å². The molecule has 100 valence electrons. The fourth-order valence-corrected chi connectivity index (χ4v) is 3.06. The average molecular weight is 279 g/mol. The summed E-state index contributed by atoms with van der Waals surface area (Å²) in [5.41, 5.74) is 7.33. The van der Waals surface area contributed by atoms with Gasteiger partial charge in [-0.05, 0) is 32.4 Å². The molecule has 2 heteroatoms. The first-order valence-electron chi connectivity index (χ1n) is 6.74. The first-order chi connectivity index (χ1) is 9.63. The monoisotopic (exact) mass is 279 g/mol. The Labute approximate surface area is 124 Å². The molecule has 0 radical (unpaired) electrons. The lowest BCUT2D eigenvalue weighted by Gasteiger charge is -2.03. The molecule has 0 atom stereocenters. The Balaban J connectivity index is 2.01. The molecule has 0 aliphatic heterocycles. The third kappa shape index (κ3) is 2.52. The second kappa shape index (κ2) is 5.22. The number of rotatable bonds is 2. The maximum Gasteiger partial charge on any atom is 0.124 e. The lowest BCUT2D eigenvalue weighted by Crippen LogP contribution is -1.85. The maximum absolute atomic E-state index is 4.80. The number of hydrogen-bond acceptors (Lipinski definition) is 2. The minimum atomic E-state index is 1.08. The first-order valence-corrected chi connectivity index (χ1v) is 7.61. The molecule has 0 bridgehead atoms. The highest BCUT2D eigenvalue weighted by atomic mass is 32.1. The van der Waals surface area contributed by atoms with Crippen LogP contribution < -0.4 is 0 Å². The van der Waals surface area contributed by atoms with Crippen molar-refractivity contribution in [2.75, 3.05) is 0 Å². The minimum absolute atomic E-state index is 1.08. The van der Waals surface area contributed by atoms with Crippen molar-refractivity contribution in [1.29, 1.82) is 0 Å². The molecule has 2 aromatic carbocycles. The fourth-order valence-electron chi connectivity index (χ4n) is 2.24. The van der Waals surface area contributed by atoms with Crippen LogP contribution in [0.15, 0.2) is 47.8 Å². The van der Waals surface area contributed by atoms with Crippen LogP contribution in [0.3, 0.4) is 0 Å². The zero-order chi connectivity index (χ0) is 14.1. The highest BCUT2D eigenvalue weighted by Crippen LogP contribution is 2.31. The molecule has 20 heavy (non-hydrogen) atoms. The smallest absolute Gasteiger partial charge is 0.124 e. The quantitative estimate of drug-likeness (QED) is 0.612. The van der Waals surface area contributed by atoms with E-state index < -0.39 is 0 Å². The van der Waals surface area contributed by atoms with Crippen LogP contribution in [0.25, 0.3) is 21.8 Å². The van der Waals surface area contributed by atoms with Gasteiger partial charge in [0.25, 0.3) is 0 Å². The summed E-state index contributed by atoms with van der Waals surface area (Å²) in [4.78, 5) is 4.80. The molecule has 0 saturated carbocycles. The Morgan fingerprint density at radius 3 is 2.30 bits per heavy atom. The summed E-state index contributed by atoms with van der Waals surface area (Å²) in [6, 6.07) is 15.1. The van der Waals surface area contributed by atoms with Gasteiger partial charge in [-0.3, -0.25) is 0 Å². The Morgan fingerprint density at radius 1 is 0.850 bits per heavy atom. The normalized spacial score (nSPS) is 10.8. The summed E-state index contributed by atoms with van der Waals surface area (Å²) in [5.74, 6) is 0. The Hall–Kier alpha value is -1.93. The van der Waals surface area contributed by atoms with E-state index in [1.807, 2.05) is 0 Å². The summed E-state index contributed by atoms with van der Waals surface area (Å²) in [6.45, 7) is 6.36. The Bertz CT molecular complexity index is 738. The van der Waals surface area contributed by atoms with Crippen molar-refractivity contribution in [1.82, 2.24) is 4.98 Å². The molecular formula is C18H17NS. The summed E-state index contributed by atoms with van der Waals surface area (Å²) in [5, 5.41) is 3.23. The van der Waals surface area contributed by atoms with Crippen molar-refractivity contribution in [2.24, 2.45) is 0 Å². The van der Waals surface area contributed by atoms with Gasteiger partial charge in [0.15, 0.2) is 0 Å². The standard InChI is InChI=1S/C18H17NS/c1-12-5-8-15(9-6-12)18-19-17(11-20-18)16-10-13(2)4-7-14(16)3/h4-11H,1-3H3. The highest BCUT2D eigenvalue weighted by Gasteiger charge is 2.08. The second-order valence-corrected chi connectivity index (χ2v) is 6.08. The van der Waals surface area contributed by atoms with Gasteiger partial charge in [-0.1, -0.05) is 47.5 Å². The van der Waals surface area contributed by atoms with Gasteiger partial charge in [-0.2, -0.15) is 0 Å². The predicted octanol–water partition coefficient (Wildman–Crippen LogP) is 5.40. The fraction of sp³-hybridized carbons (Fsp3) is 0.167. The van der Waals surface area contributed by atoms with Gasteiger partial charge < -0.3 is 0 Å². The lowest BCUT2D eigenvalue weighted by molar-refractivity contribution is 1.34. The van der Waals surface area contributed by atoms with E-state index in [1.54, 1.807) is 11.3 Å². The van der Waals surface area contributed by atoms with Crippen LogP contribution in [-0.4, -0.2) is 4.98 Å². The van der Waals surface area contributed by atoms with Crippen LogP contribution in [0.4, 0.5) is 0 Å². The Kier molecular flexibility index (Phi) is 3.41. The molecular weight excluding hydrogens is 262 g/mol. The summed E-state index contributed by atoms with van der Waals surface area (Å²) < 4.78 is 0. The molecule has 0 saturated heterocycles. The van der Waals surface area contributed by atoms with Crippen LogP contribution in [-0.2, 0) is 0 Å². The molecule has 0 fully saturated rings. The van der Waals surface area contributed by atoms with Crippen LogP contribution in [0.5, 0.6) is 0 Å². The van der Waals surface area contributed by atoms with Crippen LogP contribution in [0.1, 0.15) is 16.7 Å². The van der Waals surface area contributed by atoms with Gasteiger partial charge in [0.05, 0.1) is 5.69 Å². The second-order valence-electron chi connectivity index (χ2n) is 5.22. The van der Waals surface area contributed by atoms with E-state index in [1.165, 1.54) is 27.8 Å². The lowest BCUT2D eigenvalue weighted by atomic mass is 10.0. The molecule has 0 aliphatic carbocycles. The SMILES string of the molecule is Cc1ccc(-c2nc(-c3cc(C)ccc3C)cs2)cc1.